The maximum atomic E-state index is 9.54. The molecule has 1 N–H and O–H groups in total. The SMILES string of the molecule is COC(=P)C[C@H]1C(OC)OC[C@@H]1O. The first-order valence-electron chi connectivity index (χ1n) is 4.13. The molecule has 1 heterocycles. The number of methoxy groups -OCH3 is 2. The fraction of sp³-hybridized carbons (Fsp3) is 0.875. The highest BCUT2D eigenvalue weighted by Gasteiger charge is 2.36. The van der Waals surface area contributed by atoms with E-state index in [0.29, 0.717) is 18.5 Å². The van der Waals surface area contributed by atoms with Gasteiger partial charge in [-0.1, -0.05) is 8.86 Å². The Kier molecular flexibility index (Phi) is 4.29. The number of aliphatic hydroxyl groups excluding tert-OH is 1. The van der Waals surface area contributed by atoms with Crippen molar-refractivity contribution in [3.63, 3.8) is 0 Å². The summed E-state index contributed by atoms with van der Waals surface area (Å²) in [7, 11) is 6.43. The molecule has 1 rings (SSSR count). The summed E-state index contributed by atoms with van der Waals surface area (Å²) in [6.07, 6.45) is -0.226. The van der Waals surface area contributed by atoms with E-state index in [0.717, 1.165) is 0 Å². The molecule has 5 heteroatoms. The van der Waals surface area contributed by atoms with E-state index >= 15 is 0 Å². The first-order chi connectivity index (χ1) is 6.19. The van der Waals surface area contributed by atoms with Crippen LogP contribution in [0, 0.1) is 5.92 Å². The van der Waals surface area contributed by atoms with Gasteiger partial charge in [0.15, 0.2) is 6.29 Å². The van der Waals surface area contributed by atoms with Crippen molar-refractivity contribution in [1.82, 2.24) is 0 Å². The first-order valence-corrected chi connectivity index (χ1v) is 4.63. The van der Waals surface area contributed by atoms with Gasteiger partial charge in [-0.2, -0.15) is 0 Å². The van der Waals surface area contributed by atoms with Gasteiger partial charge in [0, 0.05) is 26.6 Å². The van der Waals surface area contributed by atoms with Crippen molar-refractivity contribution in [3.8, 4) is 0 Å². The molecule has 0 saturated carbocycles. The van der Waals surface area contributed by atoms with Crippen LogP contribution in [-0.2, 0) is 14.2 Å². The first kappa shape index (κ1) is 11.1. The van der Waals surface area contributed by atoms with Crippen LogP contribution in [0.2, 0.25) is 0 Å². The van der Waals surface area contributed by atoms with Gasteiger partial charge in [0.1, 0.15) is 0 Å². The van der Waals surface area contributed by atoms with Crippen molar-refractivity contribution >= 4 is 14.3 Å². The minimum absolute atomic E-state index is 0.0579. The Balaban J connectivity index is 2.49. The minimum Gasteiger partial charge on any atom is -0.390 e. The quantitative estimate of drug-likeness (QED) is 0.671. The zero-order chi connectivity index (χ0) is 9.84. The van der Waals surface area contributed by atoms with Crippen LogP contribution in [0.5, 0.6) is 0 Å². The van der Waals surface area contributed by atoms with Crippen LogP contribution in [0.1, 0.15) is 6.42 Å². The predicted octanol–water partition coefficient (Wildman–Crippen LogP) is 0.275. The van der Waals surface area contributed by atoms with Crippen LogP contribution in [0.3, 0.4) is 0 Å². The van der Waals surface area contributed by atoms with E-state index in [9.17, 15) is 5.11 Å². The van der Waals surface area contributed by atoms with Gasteiger partial charge >= 0.3 is 0 Å². The fourth-order valence-electron chi connectivity index (χ4n) is 1.39. The third-order valence-corrected chi connectivity index (χ3v) is 2.58. The van der Waals surface area contributed by atoms with Crippen molar-refractivity contribution < 1.29 is 19.3 Å². The summed E-state index contributed by atoms with van der Waals surface area (Å²) in [4.78, 5) is 0. The largest absolute Gasteiger partial charge is 0.390 e. The summed E-state index contributed by atoms with van der Waals surface area (Å²) in [6, 6.07) is 0. The Labute approximate surface area is 80.0 Å². The normalized spacial score (nSPS) is 33.6. The molecular formula is C8H15O4P. The van der Waals surface area contributed by atoms with Crippen molar-refractivity contribution in [3.05, 3.63) is 0 Å². The number of hydrogen-bond acceptors (Lipinski definition) is 4. The topological polar surface area (TPSA) is 47.9 Å². The van der Waals surface area contributed by atoms with Gasteiger partial charge in [0.2, 0.25) is 0 Å². The maximum Gasteiger partial charge on any atom is 0.163 e. The zero-order valence-corrected chi connectivity index (χ0v) is 8.82. The Morgan fingerprint density at radius 1 is 1.62 bits per heavy atom. The molecule has 4 nitrogen and oxygen atoms in total. The van der Waals surface area contributed by atoms with Crippen LogP contribution in [-0.4, -0.2) is 43.8 Å². The molecule has 0 bridgehead atoms. The van der Waals surface area contributed by atoms with Crippen molar-refractivity contribution in [2.24, 2.45) is 5.92 Å². The van der Waals surface area contributed by atoms with Gasteiger partial charge in [0.05, 0.1) is 18.2 Å². The molecular weight excluding hydrogens is 191 g/mol. The molecule has 1 fully saturated rings. The van der Waals surface area contributed by atoms with Gasteiger partial charge in [0.25, 0.3) is 0 Å². The molecule has 0 spiro atoms. The lowest BCUT2D eigenvalue weighted by Gasteiger charge is -2.18. The summed E-state index contributed by atoms with van der Waals surface area (Å²) in [6.45, 7) is 0.326. The third kappa shape index (κ3) is 2.73. The Morgan fingerprint density at radius 2 is 2.31 bits per heavy atom. The Morgan fingerprint density at radius 3 is 2.85 bits per heavy atom. The van der Waals surface area contributed by atoms with Crippen LogP contribution >= 0.6 is 8.86 Å². The lowest BCUT2D eigenvalue weighted by atomic mass is 10.0. The van der Waals surface area contributed by atoms with Crippen LogP contribution < -0.4 is 0 Å². The van der Waals surface area contributed by atoms with E-state index in [1.54, 1.807) is 14.2 Å². The number of rotatable bonds is 4. The minimum atomic E-state index is -0.480. The standard InChI is InChI=1S/C8H15O4P/c1-10-7(13)3-5-6(9)4-12-8(5)11-2/h5-6,8-9,13H,3-4H2,1-2H3/t5-,6+,8?/m1/s1. The zero-order valence-electron chi connectivity index (χ0n) is 7.82. The molecule has 0 aromatic rings. The molecule has 1 unspecified atom stereocenters. The van der Waals surface area contributed by atoms with E-state index in [1.165, 1.54) is 0 Å². The smallest absolute Gasteiger partial charge is 0.163 e. The second kappa shape index (κ2) is 5.03. The fourth-order valence-corrected chi connectivity index (χ4v) is 1.63. The molecule has 3 atom stereocenters. The van der Waals surface area contributed by atoms with Crippen LogP contribution in [0.15, 0.2) is 0 Å². The van der Waals surface area contributed by atoms with Crippen molar-refractivity contribution in [1.29, 1.82) is 0 Å². The summed E-state index contributed by atoms with van der Waals surface area (Å²) in [5.74, 6) is -0.0579. The highest BCUT2D eigenvalue weighted by Crippen LogP contribution is 2.25. The highest BCUT2D eigenvalue weighted by atomic mass is 31.0. The number of ether oxygens (including phenoxy) is 3. The van der Waals surface area contributed by atoms with Gasteiger partial charge in [-0.25, -0.2) is 0 Å². The van der Waals surface area contributed by atoms with E-state index in [-0.39, 0.29) is 12.2 Å². The van der Waals surface area contributed by atoms with Crippen LogP contribution in [0.4, 0.5) is 0 Å². The monoisotopic (exact) mass is 206 g/mol. The molecule has 0 aromatic heterocycles. The predicted molar refractivity (Wildman–Crippen MR) is 51.2 cm³/mol. The second-order valence-corrected chi connectivity index (χ2v) is 3.56. The highest BCUT2D eigenvalue weighted by molar-refractivity contribution is 7.20. The van der Waals surface area contributed by atoms with E-state index in [2.05, 4.69) is 8.86 Å². The summed E-state index contributed by atoms with van der Waals surface area (Å²) < 4.78 is 15.2. The number of hydrogen-bond donors (Lipinski definition) is 1. The van der Waals surface area contributed by atoms with Gasteiger partial charge in [-0.05, 0) is 0 Å². The molecule has 1 aliphatic heterocycles. The van der Waals surface area contributed by atoms with Crippen molar-refractivity contribution in [2.45, 2.75) is 18.8 Å². The van der Waals surface area contributed by atoms with E-state index in [1.807, 2.05) is 0 Å². The second-order valence-electron chi connectivity index (χ2n) is 3.00. The summed E-state index contributed by atoms with van der Waals surface area (Å²) >= 11 is 0. The Bertz CT molecular complexity index is 185. The van der Waals surface area contributed by atoms with Gasteiger partial charge < -0.3 is 19.3 Å². The van der Waals surface area contributed by atoms with E-state index in [4.69, 9.17) is 14.2 Å². The Hall–Kier alpha value is 0.01000. The average Bonchev–Trinajstić information content (AvgIpc) is 2.48. The van der Waals surface area contributed by atoms with Gasteiger partial charge in [-0.3, -0.25) is 0 Å². The molecule has 13 heavy (non-hydrogen) atoms. The molecule has 0 aliphatic carbocycles. The van der Waals surface area contributed by atoms with Crippen molar-refractivity contribution in [2.75, 3.05) is 20.8 Å². The summed E-state index contributed by atoms with van der Waals surface area (Å²) in [5, 5.41) is 9.54. The summed E-state index contributed by atoms with van der Waals surface area (Å²) in [5.41, 5.74) is 0.691. The molecule has 1 saturated heterocycles. The maximum absolute atomic E-state index is 9.54. The lowest BCUT2D eigenvalue weighted by molar-refractivity contribution is -0.109. The number of aliphatic hydroxyl groups is 1. The molecule has 0 radical (unpaired) electrons. The lowest BCUT2D eigenvalue weighted by Crippen LogP contribution is -2.27. The van der Waals surface area contributed by atoms with E-state index < -0.39 is 6.10 Å². The third-order valence-electron chi connectivity index (χ3n) is 2.17. The van der Waals surface area contributed by atoms with Gasteiger partial charge in [-0.15, -0.1) is 0 Å². The molecule has 0 aromatic carbocycles. The molecule has 0 amide bonds. The molecule has 76 valence electrons. The molecule has 1 aliphatic rings. The van der Waals surface area contributed by atoms with Crippen LogP contribution in [0.25, 0.3) is 0 Å². The average molecular weight is 206 g/mol.